The molecule has 4 heteroatoms. The van der Waals surface area contributed by atoms with Gasteiger partial charge in [0, 0.05) is 5.69 Å². The summed E-state index contributed by atoms with van der Waals surface area (Å²) >= 11 is 0. The van der Waals surface area contributed by atoms with E-state index in [0.29, 0.717) is 5.56 Å². The van der Waals surface area contributed by atoms with Gasteiger partial charge in [-0.25, -0.2) is 4.79 Å². The van der Waals surface area contributed by atoms with Crippen LogP contribution < -0.4 is 5.32 Å². The lowest BCUT2D eigenvalue weighted by Gasteiger charge is -2.18. The number of rotatable bonds is 6. The molecule has 0 aliphatic carbocycles. The van der Waals surface area contributed by atoms with Gasteiger partial charge in [0.25, 0.3) is 0 Å². The third kappa shape index (κ3) is 4.33. The molecule has 110 valence electrons. The largest absolute Gasteiger partial charge is 0.465 e. The van der Waals surface area contributed by atoms with Crippen molar-refractivity contribution in [3.05, 3.63) is 65.7 Å². The van der Waals surface area contributed by atoms with Crippen molar-refractivity contribution in [1.82, 2.24) is 0 Å². The zero-order chi connectivity index (χ0) is 15.1. The standard InChI is InChI=1S/C17H19NO3/c1-21-17(20)14-7-9-15(10-8-14)18-16(12-19)11-13-5-3-2-4-6-13/h2-10,16,18-19H,11-12H2,1H3. The molecule has 2 aromatic rings. The molecule has 1 unspecified atom stereocenters. The fourth-order valence-electron chi connectivity index (χ4n) is 2.12. The maximum Gasteiger partial charge on any atom is 0.337 e. The fourth-order valence-corrected chi connectivity index (χ4v) is 2.12. The summed E-state index contributed by atoms with van der Waals surface area (Å²) in [5.74, 6) is -0.357. The molecule has 0 spiro atoms. The molecule has 0 saturated heterocycles. The van der Waals surface area contributed by atoms with Gasteiger partial charge < -0.3 is 15.2 Å². The third-order valence-corrected chi connectivity index (χ3v) is 3.22. The van der Waals surface area contributed by atoms with Gasteiger partial charge in [-0.2, -0.15) is 0 Å². The van der Waals surface area contributed by atoms with Crippen LogP contribution in [0, 0.1) is 0 Å². The van der Waals surface area contributed by atoms with E-state index in [0.717, 1.165) is 17.7 Å². The lowest BCUT2D eigenvalue weighted by molar-refractivity contribution is 0.0601. The van der Waals surface area contributed by atoms with E-state index in [1.807, 2.05) is 30.3 Å². The number of nitrogens with one attached hydrogen (secondary N) is 1. The first-order chi connectivity index (χ1) is 10.2. The summed E-state index contributed by atoms with van der Waals surface area (Å²) in [6, 6.07) is 16.9. The molecule has 4 nitrogen and oxygen atoms in total. The molecular weight excluding hydrogens is 266 g/mol. The van der Waals surface area contributed by atoms with E-state index < -0.39 is 0 Å². The maximum atomic E-state index is 11.4. The molecule has 0 aliphatic heterocycles. The van der Waals surface area contributed by atoms with Crippen LogP contribution in [0.2, 0.25) is 0 Å². The van der Waals surface area contributed by atoms with Gasteiger partial charge in [-0.3, -0.25) is 0 Å². The molecule has 0 saturated carbocycles. The van der Waals surface area contributed by atoms with Crippen molar-refractivity contribution in [1.29, 1.82) is 0 Å². The highest BCUT2D eigenvalue weighted by atomic mass is 16.5. The Kier molecular flexibility index (Phi) is 5.35. The first-order valence-corrected chi connectivity index (χ1v) is 6.82. The first kappa shape index (κ1) is 15.1. The van der Waals surface area contributed by atoms with Crippen LogP contribution in [0.4, 0.5) is 5.69 Å². The molecule has 2 N–H and O–H groups in total. The minimum absolute atomic E-state index is 0.0354. The summed E-state index contributed by atoms with van der Waals surface area (Å²) in [4.78, 5) is 11.4. The molecule has 2 rings (SSSR count). The van der Waals surface area contributed by atoms with Gasteiger partial charge in [0.1, 0.15) is 0 Å². The molecule has 21 heavy (non-hydrogen) atoms. The van der Waals surface area contributed by atoms with Crippen molar-refractivity contribution in [2.24, 2.45) is 0 Å². The number of aliphatic hydroxyl groups excluding tert-OH is 1. The van der Waals surface area contributed by atoms with Crippen LogP contribution in [0.5, 0.6) is 0 Å². The Morgan fingerprint density at radius 1 is 1.14 bits per heavy atom. The van der Waals surface area contributed by atoms with Gasteiger partial charge in [0.2, 0.25) is 0 Å². The second-order valence-electron chi connectivity index (χ2n) is 4.78. The molecule has 0 fully saturated rings. The molecule has 2 aromatic carbocycles. The van der Waals surface area contributed by atoms with Gasteiger partial charge in [-0.1, -0.05) is 30.3 Å². The second kappa shape index (κ2) is 7.45. The molecule has 0 radical (unpaired) electrons. The van der Waals surface area contributed by atoms with Gasteiger partial charge in [-0.05, 0) is 36.2 Å². The predicted octanol–water partition coefficient (Wildman–Crippen LogP) is 2.49. The van der Waals surface area contributed by atoms with Crippen LogP contribution >= 0.6 is 0 Å². The smallest absolute Gasteiger partial charge is 0.337 e. The number of aliphatic hydroxyl groups is 1. The van der Waals surface area contributed by atoms with E-state index in [9.17, 15) is 9.90 Å². The summed E-state index contributed by atoms with van der Waals surface area (Å²) in [6.07, 6.45) is 0.732. The SMILES string of the molecule is COC(=O)c1ccc(NC(CO)Cc2ccccc2)cc1. The fraction of sp³-hybridized carbons (Fsp3) is 0.235. The van der Waals surface area contributed by atoms with Crippen molar-refractivity contribution < 1.29 is 14.6 Å². The molecular formula is C17H19NO3. The van der Waals surface area contributed by atoms with Crippen LogP contribution in [0.25, 0.3) is 0 Å². The molecule has 0 aromatic heterocycles. The number of methoxy groups -OCH3 is 1. The van der Waals surface area contributed by atoms with Gasteiger partial charge in [0.05, 0.1) is 25.3 Å². The van der Waals surface area contributed by atoms with Gasteiger partial charge >= 0.3 is 5.97 Å². The quantitative estimate of drug-likeness (QED) is 0.801. The van der Waals surface area contributed by atoms with Crippen LogP contribution in [-0.4, -0.2) is 30.8 Å². The Balaban J connectivity index is 2.00. The Morgan fingerprint density at radius 3 is 2.38 bits per heavy atom. The summed E-state index contributed by atoms with van der Waals surface area (Å²) in [5.41, 5.74) is 2.53. The summed E-state index contributed by atoms with van der Waals surface area (Å²) in [6.45, 7) is 0.0354. The third-order valence-electron chi connectivity index (χ3n) is 3.22. The van der Waals surface area contributed by atoms with Crippen molar-refractivity contribution in [3.8, 4) is 0 Å². The number of benzene rings is 2. The highest BCUT2D eigenvalue weighted by Gasteiger charge is 2.09. The lowest BCUT2D eigenvalue weighted by Crippen LogP contribution is -2.26. The minimum Gasteiger partial charge on any atom is -0.465 e. The van der Waals surface area contributed by atoms with E-state index in [2.05, 4.69) is 10.1 Å². The number of hydrogen-bond acceptors (Lipinski definition) is 4. The van der Waals surface area contributed by atoms with Crippen molar-refractivity contribution in [2.75, 3.05) is 19.0 Å². The number of esters is 1. The van der Waals surface area contributed by atoms with E-state index in [-0.39, 0.29) is 18.6 Å². The number of hydrogen-bond donors (Lipinski definition) is 2. The minimum atomic E-state index is -0.357. The average molecular weight is 285 g/mol. The number of anilines is 1. The highest BCUT2D eigenvalue weighted by Crippen LogP contribution is 2.13. The van der Waals surface area contributed by atoms with Crippen molar-refractivity contribution in [2.45, 2.75) is 12.5 Å². The average Bonchev–Trinajstić information content (AvgIpc) is 2.55. The van der Waals surface area contributed by atoms with Crippen LogP contribution in [-0.2, 0) is 11.2 Å². The predicted molar refractivity (Wildman–Crippen MR) is 82.4 cm³/mol. The molecule has 0 aliphatic rings. The van der Waals surface area contributed by atoms with E-state index in [4.69, 9.17) is 0 Å². The van der Waals surface area contributed by atoms with Crippen LogP contribution in [0.3, 0.4) is 0 Å². The normalized spacial score (nSPS) is 11.7. The van der Waals surface area contributed by atoms with E-state index in [1.165, 1.54) is 7.11 Å². The Bertz CT molecular complexity index is 566. The Hall–Kier alpha value is -2.33. The Labute approximate surface area is 124 Å². The Morgan fingerprint density at radius 2 is 1.81 bits per heavy atom. The molecule has 0 heterocycles. The summed E-state index contributed by atoms with van der Waals surface area (Å²) < 4.78 is 4.66. The van der Waals surface area contributed by atoms with E-state index in [1.54, 1.807) is 24.3 Å². The lowest BCUT2D eigenvalue weighted by atomic mass is 10.1. The van der Waals surface area contributed by atoms with Gasteiger partial charge in [-0.15, -0.1) is 0 Å². The van der Waals surface area contributed by atoms with E-state index >= 15 is 0 Å². The maximum absolute atomic E-state index is 11.4. The van der Waals surface area contributed by atoms with Gasteiger partial charge in [0.15, 0.2) is 0 Å². The monoisotopic (exact) mass is 285 g/mol. The molecule has 0 amide bonds. The number of carbonyl (C=O) groups is 1. The van der Waals surface area contributed by atoms with Crippen molar-refractivity contribution >= 4 is 11.7 Å². The highest BCUT2D eigenvalue weighted by molar-refractivity contribution is 5.89. The zero-order valence-electron chi connectivity index (χ0n) is 12.0. The molecule has 0 bridgehead atoms. The van der Waals surface area contributed by atoms with Crippen LogP contribution in [0.15, 0.2) is 54.6 Å². The topological polar surface area (TPSA) is 58.6 Å². The number of ether oxygens (including phenoxy) is 1. The summed E-state index contributed by atoms with van der Waals surface area (Å²) in [7, 11) is 1.36. The molecule has 1 atom stereocenters. The van der Waals surface area contributed by atoms with Crippen molar-refractivity contribution in [3.63, 3.8) is 0 Å². The second-order valence-corrected chi connectivity index (χ2v) is 4.78. The van der Waals surface area contributed by atoms with Crippen LogP contribution in [0.1, 0.15) is 15.9 Å². The summed E-state index contributed by atoms with van der Waals surface area (Å²) in [5, 5.41) is 12.8. The zero-order valence-corrected chi connectivity index (χ0v) is 12.0. The number of carbonyl (C=O) groups excluding carboxylic acids is 1. The first-order valence-electron chi connectivity index (χ1n) is 6.82.